The predicted molar refractivity (Wildman–Crippen MR) is 131 cm³/mol. The maximum atomic E-state index is 12.3. The molecule has 0 bridgehead atoms. The first kappa shape index (κ1) is 24.1. The van der Waals surface area contributed by atoms with Gasteiger partial charge in [0.1, 0.15) is 5.75 Å². The minimum Gasteiger partial charge on any atom is -0.494 e. The van der Waals surface area contributed by atoms with E-state index in [-0.39, 0.29) is 5.91 Å². The van der Waals surface area contributed by atoms with Crippen LogP contribution in [0.25, 0.3) is 0 Å². The second kappa shape index (κ2) is 11.3. The molecular weight excluding hydrogens is 476 g/mol. The average molecular weight is 508 g/mol. The second-order valence-electron chi connectivity index (χ2n) is 8.47. The van der Waals surface area contributed by atoms with Crippen molar-refractivity contribution in [3.05, 3.63) is 62.6 Å². The van der Waals surface area contributed by atoms with Gasteiger partial charge in [0, 0.05) is 35.7 Å². The summed E-state index contributed by atoms with van der Waals surface area (Å²) in [5.41, 5.74) is 3.11. The van der Waals surface area contributed by atoms with Crippen LogP contribution in [0, 0.1) is 5.92 Å². The lowest BCUT2D eigenvalue weighted by Gasteiger charge is -2.32. The van der Waals surface area contributed by atoms with Gasteiger partial charge in [-0.1, -0.05) is 27.5 Å². The second-order valence-corrected chi connectivity index (χ2v) is 9.76. The van der Waals surface area contributed by atoms with E-state index in [0.717, 1.165) is 43.8 Å². The molecule has 168 valence electrons. The van der Waals surface area contributed by atoms with E-state index >= 15 is 0 Å². The van der Waals surface area contributed by atoms with E-state index in [9.17, 15) is 4.79 Å². The van der Waals surface area contributed by atoms with Crippen LogP contribution in [0.1, 0.15) is 41.3 Å². The fourth-order valence-electron chi connectivity index (χ4n) is 4.15. The molecule has 6 heteroatoms. The first-order valence-electron chi connectivity index (χ1n) is 11.0. The van der Waals surface area contributed by atoms with Gasteiger partial charge >= 0.3 is 0 Å². The van der Waals surface area contributed by atoms with Crippen molar-refractivity contribution in [1.82, 2.24) is 9.80 Å². The number of rotatable bonds is 8. The Bertz CT molecular complexity index is 895. The monoisotopic (exact) mass is 506 g/mol. The first-order valence-corrected chi connectivity index (χ1v) is 12.2. The molecule has 1 heterocycles. The van der Waals surface area contributed by atoms with Crippen molar-refractivity contribution >= 4 is 33.4 Å². The smallest absolute Gasteiger partial charge is 0.253 e. The van der Waals surface area contributed by atoms with Gasteiger partial charge in [-0.15, -0.1) is 0 Å². The third kappa shape index (κ3) is 6.96. The van der Waals surface area contributed by atoms with Crippen molar-refractivity contribution in [2.45, 2.75) is 32.6 Å². The minimum atomic E-state index is -0.0101. The highest BCUT2D eigenvalue weighted by atomic mass is 79.9. The molecular formula is C25H32BrClN2O2. The summed E-state index contributed by atoms with van der Waals surface area (Å²) in [6, 6.07) is 12.0. The normalized spacial score (nSPS) is 15.1. The summed E-state index contributed by atoms with van der Waals surface area (Å²) in [7, 11) is 3.53. The van der Waals surface area contributed by atoms with Crippen LogP contribution in [0.5, 0.6) is 5.75 Å². The fourth-order valence-corrected chi connectivity index (χ4v) is 4.82. The van der Waals surface area contributed by atoms with E-state index in [1.54, 1.807) is 25.1 Å². The summed E-state index contributed by atoms with van der Waals surface area (Å²) >= 11 is 9.96. The van der Waals surface area contributed by atoms with Gasteiger partial charge in [0.05, 0.1) is 6.61 Å². The Balaban J connectivity index is 1.51. The quantitative estimate of drug-likeness (QED) is 0.459. The maximum Gasteiger partial charge on any atom is 0.253 e. The highest BCUT2D eigenvalue weighted by molar-refractivity contribution is 9.10. The number of halogens is 2. The summed E-state index contributed by atoms with van der Waals surface area (Å²) in [6.45, 7) is 5.92. The minimum absolute atomic E-state index is 0.0101. The Kier molecular flexibility index (Phi) is 8.82. The molecule has 0 aliphatic carbocycles. The Morgan fingerprint density at radius 1 is 1.19 bits per heavy atom. The molecule has 1 saturated heterocycles. The standard InChI is InChI=1S/C25H32BrClN2O2/c1-4-31-23-5-6-24(26)20(17-23)13-18-7-10-29(11-8-18)12-9-19-14-21(16-22(27)15-19)25(30)28(2)3/h5-6,14-18H,4,7-13H2,1-3H3. The highest BCUT2D eigenvalue weighted by Gasteiger charge is 2.20. The number of likely N-dealkylation sites (tertiary alicyclic amines) is 1. The number of carbonyl (C=O) groups is 1. The van der Waals surface area contributed by atoms with Crippen LogP contribution in [-0.2, 0) is 12.8 Å². The van der Waals surface area contributed by atoms with E-state index in [1.807, 2.05) is 25.1 Å². The molecule has 1 aliphatic rings. The lowest BCUT2D eigenvalue weighted by molar-refractivity contribution is 0.0827. The molecule has 31 heavy (non-hydrogen) atoms. The molecule has 1 aliphatic heterocycles. The number of amides is 1. The van der Waals surface area contributed by atoms with E-state index in [2.05, 4.69) is 33.0 Å². The van der Waals surface area contributed by atoms with Crippen LogP contribution in [-0.4, -0.2) is 56.0 Å². The number of ether oxygens (including phenoxy) is 1. The van der Waals surface area contributed by atoms with Gasteiger partial charge in [0.25, 0.3) is 5.91 Å². The molecule has 4 nitrogen and oxygen atoms in total. The van der Waals surface area contributed by atoms with Crippen LogP contribution < -0.4 is 4.74 Å². The topological polar surface area (TPSA) is 32.8 Å². The molecule has 0 spiro atoms. The molecule has 1 fully saturated rings. The summed E-state index contributed by atoms with van der Waals surface area (Å²) < 4.78 is 6.83. The number of hydrogen-bond donors (Lipinski definition) is 0. The largest absolute Gasteiger partial charge is 0.494 e. The van der Waals surface area contributed by atoms with Crippen LogP contribution >= 0.6 is 27.5 Å². The van der Waals surface area contributed by atoms with Crippen LogP contribution in [0.4, 0.5) is 0 Å². The van der Waals surface area contributed by atoms with Crippen LogP contribution in [0.2, 0.25) is 5.02 Å². The SMILES string of the molecule is CCOc1ccc(Br)c(CC2CCN(CCc3cc(Cl)cc(C(=O)N(C)C)c3)CC2)c1. The fraction of sp³-hybridized carbons (Fsp3) is 0.480. The first-order chi connectivity index (χ1) is 14.9. The molecule has 0 saturated carbocycles. The molecule has 2 aromatic carbocycles. The number of benzene rings is 2. The molecule has 0 N–H and O–H groups in total. The van der Waals surface area contributed by atoms with E-state index in [1.165, 1.54) is 22.9 Å². The van der Waals surface area contributed by atoms with Crippen molar-refractivity contribution in [1.29, 1.82) is 0 Å². The zero-order valence-electron chi connectivity index (χ0n) is 18.7. The molecule has 3 rings (SSSR count). The van der Waals surface area contributed by atoms with Gasteiger partial charge in [-0.05, 0) is 99.1 Å². The van der Waals surface area contributed by atoms with Crippen molar-refractivity contribution in [3.8, 4) is 5.75 Å². The van der Waals surface area contributed by atoms with Crippen molar-refractivity contribution in [3.63, 3.8) is 0 Å². The summed E-state index contributed by atoms with van der Waals surface area (Å²) in [5.74, 6) is 1.64. The third-order valence-corrected chi connectivity index (χ3v) is 6.86. The summed E-state index contributed by atoms with van der Waals surface area (Å²) in [4.78, 5) is 16.4. The lowest BCUT2D eigenvalue weighted by Crippen LogP contribution is -2.35. The Morgan fingerprint density at radius 3 is 2.61 bits per heavy atom. The number of carbonyl (C=O) groups excluding carboxylic acids is 1. The van der Waals surface area contributed by atoms with E-state index in [4.69, 9.17) is 16.3 Å². The summed E-state index contributed by atoms with van der Waals surface area (Å²) in [5, 5.41) is 0.626. The van der Waals surface area contributed by atoms with Crippen molar-refractivity contribution in [2.24, 2.45) is 5.92 Å². The van der Waals surface area contributed by atoms with Gasteiger partial charge in [-0.3, -0.25) is 4.79 Å². The maximum absolute atomic E-state index is 12.3. The average Bonchev–Trinajstić information content (AvgIpc) is 2.75. The molecule has 0 aromatic heterocycles. The van der Waals surface area contributed by atoms with E-state index < -0.39 is 0 Å². The zero-order valence-corrected chi connectivity index (χ0v) is 21.0. The van der Waals surface area contributed by atoms with Crippen molar-refractivity contribution < 1.29 is 9.53 Å². The Labute approximate surface area is 199 Å². The lowest BCUT2D eigenvalue weighted by atomic mass is 9.90. The predicted octanol–water partition coefficient (Wildman–Crippen LogP) is 5.70. The number of nitrogens with zero attached hydrogens (tertiary/aromatic N) is 2. The summed E-state index contributed by atoms with van der Waals surface area (Å²) in [6.07, 6.45) is 4.39. The Morgan fingerprint density at radius 2 is 1.94 bits per heavy atom. The van der Waals surface area contributed by atoms with Crippen LogP contribution in [0.15, 0.2) is 40.9 Å². The molecule has 0 radical (unpaired) electrons. The Hall–Kier alpha value is -1.56. The number of hydrogen-bond acceptors (Lipinski definition) is 3. The van der Waals surface area contributed by atoms with Gasteiger partial charge < -0.3 is 14.5 Å². The molecule has 0 unspecified atom stereocenters. The van der Waals surface area contributed by atoms with Crippen molar-refractivity contribution in [2.75, 3.05) is 40.3 Å². The van der Waals surface area contributed by atoms with E-state index in [0.29, 0.717) is 23.1 Å². The van der Waals surface area contributed by atoms with Crippen LogP contribution in [0.3, 0.4) is 0 Å². The van der Waals surface area contributed by atoms with Gasteiger partial charge in [0.15, 0.2) is 0 Å². The molecule has 0 atom stereocenters. The third-order valence-electron chi connectivity index (χ3n) is 5.87. The highest BCUT2D eigenvalue weighted by Crippen LogP contribution is 2.29. The molecule has 1 amide bonds. The number of piperidine rings is 1. The van der Waals surface area contributed by atoms with Gasteiger partial charge in [0.2, 0.25) is 0 Å². The molecule has 2 aromatic rings. The van der Waals surface area contributed by atoms with Gasteiger partial charge in [-0.25, -0.2) is 0 Å². The zero-order chi connectivity index (χ0) is 22.4. The van der Waals surface area contributed by atoms with Gasteiger partial charge in [-0.2, -0.15) is 0 Å².